The van der Waals surface area contributed by atoms with Crippen LogP contribution < -0.4 is 15.8 Å². The maximum absolute atomic E-state index is 12.8. The van der Waals surface area contributed by atoms with Crippen LogP contribution in [0.25, 0.3) is 11.3 Å². The molecule has 0 atom stereocenters. The van der Waals surface area contributed by atoms with Gasteiger partial charge in [0.1, 0.15) is 5.56 Å². The van der Waals surface area contributed by atoms with Gasteiger partial charge < -0.3 is 11.1 Å². The molecule has 2 heterocycles. The van der Waals surface area contributed by atoms with E-state index in [1.807, 2.05) is 0 Å². The number of anilines is 3. The smallest absolute Gasteiger partial charge is 0.365 e. The Balaban J connectivity index is 1.92. The van der Waals surface area contributed by atoms with E-state index in [0.29, 0.717) is 17.4 Å². The first-order chi connectivity index (χ1) is 14.5. The number of alkyl halides is 3. The molecule has 3 rings (SSSR count). The van der Waals surface area contributed by atoms with Crippen LogP contribution in [0.5, 0.6) is 0 Å². The number of hydrogen-bond acceptors (Lipinski definition) is 7. The first-order valence-corrected chi connectivity index (χ1v) is 10.3. The summed E-state index contributed by atoms with van der Waals surface area (Å²) in [5, 5.41) is 8.99. The van der Waals surface area contributed by atoms with Gasteiger partial charge in [0.2, 0.25) is 10.0 Å². The van der Waals surface area contributed by atoms with Gasteiger partial charge in [-0.2, -0.15) is 18.3 Å². The summed E-state index contributed by atoms with van der Waals surface area (Å²) < 4.78 is 64.2. The molecule has 0 unspecified atom stereocenters. The molecule has 0 fully saturated rings. The number of aromatic amines is 1. The molecule has 164 valence electrons. The Hall–Kier alpha value is -3.68. The fourth-order valence-electron chi connectivity index (χ4n) is 2.52. The lowest BCUT2D eigenvalue weighted by Crippen LogP contribution is -2.15. The number of hydrogen-bond donors (Lipinski definition) is 4. The Morgan fingerprint density at radius 3 is 2.45 bits per heavy atom. The number of nitrogens with one attached hydrogen (secondary N) is 3. The zero-order valence-electron chi connectivity index (χ0n) is 15.9. The summed E-state index contributed by atoms with van der Waals surface area (Å²) in [6.45, 7) is 1.49. The third kappa shape index (κ3) is 5.09. The van der Waals surface area contributed by atoms with Crippen molar-refractivity contribution in [1.82, 2.24) is 20.2 Å². The first-order valence-electron chi connectivity index (χ1n) is 8.65. The number of carbonyl (C=O) groups is 1. The minimum Gasteiger partial charge on any atom is -0.365 e. The van der Waals surface area contributed by atoms with E-state index >= 15 is 0 Å². The quantitative estimate of drug-likeness (QED) is 0.426. The van der Waals surface area contributed by atoms with Crippen LogP contribution in [-0.2, 0) is 16.2 Å². The molecule has 5 N–H and O–H groups in total. The molecule has 0 radical (unpaired) electrons. The highest BCUT2D eigenvalue weighted by atomic mass is 32.2. The molecular weight excluding hydrogens is 439 g/mol. The highest BCUT2D eigenvalue weighted by Gasteiger charge is 2.33. The van der Waals surface area contributed by atoms with Gasteiger partial charge in [-0.15, -0.1) is 0 Å². The van der Waals surface area contributed by atoms with Crippen LogP contribution in [0.3, 0.4) is 0 Å². The van der Waals surface area contributed by atoms with Gasteiger partial charge in [-0.1, -0.05) is 12.1 Å². The van der Waals surface area contributed by atoms with Crippen LogP contribution >= 0.6 is 0 Å². The van der Waals surface area contributed by atoms with Crippen molar-refractivity contribution < 1.29 is 26.4 Å². The fourth-order valence-corrected chi connectivity index (χ4v) is 3.16. The second kappa shape index (κ2) is 8.22. The van der Waals surface area contributed by atoms with Crippen molar-refractivity contribution in [3.8, 4) is 11.3 Å². The lowest BCUT2D eigenvalue weighted by Gasteiger charge is -2.09. The van der Waals surface area contributed by atoms with Crippen LogP contribution in [0.1, 0.15) is 23.0 Å². The standard InChI is InChI=1S/C17H16F3N7O3S/c1-2-31(29,30)27-10-5-3-9(4-6-10)14-13(15(21)28)16(26-25-14)24-12-8-22-7-11(23-12)17(18,19)20/h3-8,27H,2H2,1H3,(H2,21,28)(H2,23,24,25,26). The summed E-state index contributed by atoms with van der Waals surface area (Å²) >= 11 is 0. The van der Waals surface area contributed by atoms with Crippen molar-refractivity contribution >= 4 is 33.3 Å². The Morgan fingerprint density at radius 2 is 1.87 bits per heavy atom. The summed E-state index contributed by atoms with van der Waals surface area (Å²) in [7, 11) is -3.46. The fraction of sp³-hybridized carbons (Fsp3) is 0.176. The summed E-state index contributed by atoms with van der Waals surface area (Å²) in [6.07, 6.45) is -3.11. The molecule has 0 aliphatic heterocycles. The lowest BCUT2D eigenvalue weighted by atomic mass is 10.1. The summed E-state index contributed by atoms with van der Waals surface area (Å²) in [6, 6.07) is 5.97. The number of halogens is 3. The molecule has 14 heteroatoms. The van der Waals surface area contributed by atoms with Crippen LogP contribution in [-0.4, -0.2) is 40.2 Å². The average Bonchev–Trinajstić information content (AvgIpc) is 3.11. The van der Waals surface area contributed by atoms with Crippen LogP contribution in [0.4, 0.5) is 30.5 Å². The van der Waals surface area contributed by atoms with E-state index in [4.69, 9.17) is 5.73 Å². The van der Waals surface area contributed by atoms with Crippen molar-refractivity contribution in [2.45, 2.75) is 13.1 Å². The predicted octanol–water partition coefficient (Wildman–Crippen LogP) is 2.49. The van der Waals surface area contributed by atoms with Crippen molar-refractivity contribution in [2.75, 3.05) is 15.8 Å². The minimum atomic E-state index is -4.70. The highest BCUT2D eigenvalue weighted by molar-refractivity contribution is 7.92. The van der Waals surface area contributed by atoms with Crippen molar-refractivity contribution in [1.29, 1.82) is 0 Å². The number of nitrogens with two attached hydrogens (primary N) is 1. The number of sulfonamides is 1. The van der Waals surface area contributed by atoms with E-state index in [9.17, 15) is 26.4 Å². The highest BCUT2D eigenvalue weighted by Crippen LogP contribution is 2.31. The summed E-state index contributed by atoms with van der Waals surface area (Å²) in [4.78, 5) is 18.9. The number of H-pyrrole nitrogens is 1. The number of rotatable bonds is 7. The number of benzene rings is 1. The van der Waals surface area contributed by atoms with Crippen molar-refractivity contribution in [2.24, 2.45) is 5.73 Å². The third-order valence-corrected chi connectivity index (χ3v) is 5.32. The molecule has 0 saturated heterocycles. The van der Waals surface area contributed by atoms with Crippen molar-refractivity contribution in [3.63, 3.8) is 0 Å². The number of nitrogens with zero attached hydrogens (tertiary/aromatic N) is 3. The zero-order chi connectivity index (χ0) is 22.8. The Kier molecular flexibility index (Phi) is 5.83. The second-order valence-electron chi connectivity index (χ2n) is 6.18. The lowest BCUT2D eigenvalue weighted by molar-refractivity contribution is -0.141. The Labute approximate surface area is 174 Å². The SMILES string of the molecule is CCS(=O)(=O)Nc1ccc(-c2[nH]nc(Nc3cncc(C(F)(F)F)n3)c2C(N)=O)cc1. The maximum atomic E-state index is 12.8. The zero-order valence-corrected chi connectivity index (χ0v) is 16.7. The largest absolute Gasteiger partial charge is 0.434 e. The van der Waals surface area contributed by atoms with E-state index in [1.54, 1.807) is 0 Å². The van der Waals surface area contributed by atoms with Crippen LogP contribution in [0.2, 0.25) is 0 Å². The monoisotopic (exact) mass is 455 g/mol. The van der Waals surface area contributed by atoms with Gasteiger partial charge >= 0.3 is 6.18 Å². The van der Waals surface area contributed by atoms with Gasteiger partial charge in [-0.25, -0.2) is 13.4 Å². The molecule has 31 heavy (non-hydrogen) atoms. The van der Waals surface area contributed by atoms with Gasteiger partial charge in [0.15, 0.2) is 17.3 Å². The van der Waals surface area contributed by atoms with Crippen LogP contribution in [0, 0.1) is 0 Å². The topological polar surface area (TPSA) is 156 Å². The molecule has 0 bridgehead atoms. The van der Waals surface area contributed by atoms with Crippen LogP contribution in [0.15, 0.2) is 36.7 Å². The predicted molar refractivity (Wildman–Crippen MR) is 106 cm³/mol. The number of carbonyl (C=O) groups excluding carboxylic acids is 1. The molecule has 0 aliphatic rings. The van der Waals surface area contributed by atoms with E-state index in [0.717, 1.165) is 6.20 Å². The maximum Gasteiger partial charge on any atom is 0.434 e. The molecule has 3 aromatic rings. The average molecular weight is 455 g/mol. The summed E-state index contributed by atoms with van der Waals surface area (Å²) in [5.41, 5.74) is 5.01. The normalized spacial score (nSPS) is 11.9. The molecule has 10 nitrogen and oxygen atoms in total. The van der Waals surface area contributed by atoms with Gasteiger partial charge in [0.25, 0.3) is 5.91 Å². The first kappa shape index (κ1) is 22.0. The molecular formula is C17H16F3N7O3S. The van der Waals surface area contributed by atoms with E-state index in [-0.39, 0.29) is 28.6 Å². The number of aromatic nitrogens is 4. The molecule has 0 spiro atoms. The molecule has 0 aliphatic carbocycles. The molecule has 1 amide bonds. The van der Waals surface area contributed by atoms with Crippen molar-refractivity contribution in [3.05, 3.63) is 47.9 Å². The van der Waals surface area contributed by atoms with E-state index in [1.165, 1.54) is 31.2 Å². The van der Waals surface area contributed by atoms with Gasteiger partial charge in [0, 0.05) is 11.3 Å². The third-order valence-electron chi connectivity index (χ3n) is 4.01. The second-order valence-corrected chi connectivity index (χ2v) is 8.19. The van der Waals surface area contributed by atoms with E-state index < -0.39 is 27.8 Å². The van der Waals surface area contributed by atoms with Gasteiger partial charge in [-0.3, -0.25) is 19.6 Å². The molecule has 2 aromatic heterocycles. The number of primary amides is 1. The Bertz CT molecular complexity index is 1210. The molecule has 1 aromatic carbocycles. The summed E-state index contributed by atoms with van der Waals surface area (Å²) in [5.74, 6) is -1.44. The minimum absolute atomic E-state index is 0.103. The van der Waals surface area contributed by atoms with E-state index in [2.05, 4.69) is 30.2 Å². The van der Waals surface area contributed by atoms with Gasteiger partial charge in [-0.05, 0) is 19.1 Å². The Morgan fingerprint density at radius 1 is 1.19 bits per heavy atom. The molecule has 0 saturated carbocycles. The number of amides is 1. The van der Waals surface area contributed by atoms with Gasteiger partial charge in [0.05, 0.1) is 23.8 Å².